The summed E-state index contributed by atoms with van der Waals surface area (Å²) in [5.74, 6) is -0.508. The number of aromatic nitrogens is 1. The second-order valence-electron chi connectivity index (χ2n) is 4.63. The number of hydrogen-bond acceptors (Lipinski definition) is 5. The minimum absolute atomic E-state index is 0.0396. The molecule has 0 saturated heterocycles. The van der Waals surface area contributed by atoms with E-state index < -0.39 is 5.97 Å². The van der Waals surface area contributed by atoms with E-state index in [4.69, 9.17) is 5.73 Å². The fourth-order valence-corrected chi connectivity index (χ4v) is 3.34. The van der Waals surface area contributed by atoms with Gasteiger partial charge in [-0.2, -0.15) is 0 Å². The van der Waals surface area contributed by atoms with Crippen LogP contribution in [0.2, 0.25) is 0 Å². The summed E-state index contributed by atoms with van der Waals surface area (Å²) in [4.78, 5) is 24.4. The summed E-state index contributed by atoms with van der Waals surface area (Å²) < 4.78 is 7.07. The highest BCUT2D eigenvalue weighted by Crippen LogP contribution is 2.32. The Bertz CT molecular complexity index is 713. The largest absolute Gasteiger partial charge is 0.465 e. The Kier molecular flexibility index (Phi) is 3.36. The molecular weight excluding hydrogens is 264 g/mol. The highest BCUT2D eigenvalue weighted by Gasteiger charge is 2.21. The Morgan fingerprint density at radius 2 is 2.11 bits per heavy atom. The molecule has 5 nitrogen and oxygen atoms in total. The molecule has 0 radical (unpaired) electrons. The third-order valence-corrected chi connectivity index (χ3v) is 4.14. The Morgan fingerprint density at radius 3 is 2.63 bits per heavy atom. The molecule has 19 heavy (non-hydrogen) atoms. The van der Waals surface area contributed by atoms with Crippen LogP contribution < -0.4 is 11.3 Å². The van der Waals surface area contributed by atoms with Crippen LogP contribution in [0, 0.1) is 6.92 Å². The normalized spacial score (nSPS) is 11.2. The molecule has 0 bridgehead atoms. The van der Waals surface area contributed by atoms with E-state index in [1.807, 2.05) is 26.8 Å². The van der Waals surface area contributed by atoms with Crippen LogP contribution in [0.1, 0.15) is 35.3 Å². The maximum atomic E-state index is 12.5. The summed E-state index contributed by atoms with van der Waals surface area (Å²) in [5, 5.41) is 0.407. The van der Waals surface area contributed by atoms with Crippen LogP contribution in [0.3, 0.4) is 0 Å². The molecular formula is C13H16N2O3S. The third-order valence-electron chi connectivity index (χ3n) is 3.01. The average Bonchev–Trinajstić information content (AvgIpc) is 2.65. The number of aryl methyl sites for hydroxylation is 1. The van der Waals surface area contributed by atoms with Crippen molar-refractivity contribution in [1.82, 2.24) is 4.57 Å². The molecule has 0 fully saturated rings. The molecule has 0 amide bonds. The zero-order valence-electron chi connectivity index (χ0n) is 11.3. The molecule has 0 aliphatic carbocycles. The first-order valence-electron chi connectivity index (χ1n) is 5.91. The quantitative estimate of drug-likeness (QED) is 0.857. The van der Waals surface area contributed by atoms with Crippen molar-refractivity contribution >= 4 is 33.1 Å². The molecule has 2 heterocycles. The zero-order chi connectivity index (χ0) is 14.3. The number of ether oxygens (including phenoxy) is 1. The molecule has 0 saturated carbocycles. The number of nitrogens with zero attached hydrogens (tertiary/aromatic N) is 1. The summed E-state index contributed by atoms with van der Waals surface area (Å²) >= 11 is 1.19. The molecule has 0 aliphatic rings. The summed E-state index contributed by atoms with van der Waals surface area (Å²) in [7, 11) is 1.30. The van der Waals surface area contributed by atoms with Gasteiger partial charge in [0, 0.05) is 16.4 Å². The fraction of sp³-hybridized carbons (Fsp3) is 0.385. The van der Waals surface area contributed by atoms with Crippen molar-refractivity contribution in [2.75, 3.05) is 12.8 Å². The van der Waals surface area contributed by atoms with Gasteiger partial charge < -0.3 is 15.0 Å². The number of rotatable bonds is 2. The minimum atomic E-state index is -0.508. The van der Waals surface area contributed by atoms with E-state index in [0.29, 0.717) is 5.39 Å². The monoisotopic (exact) mass is 280 g/mol. The topological polar surface area (TPSA) is 74.3 Å². The Morgan fingerprint density at radius 1 is 1.47 bits per heavy atom. The molecule has 2 N–H and O–H groups in total. The van der Waals surface area contributed by atoms with Crippen molar-refractivity contribution in [2.45, 2.75) is 26.8 Å². The molecule has 0 spiro atoms. The van der Waals surface area contributed by atoms with Gasteiger partial charge in [-0.3, -0.25) is 4.79 Å². The van der Waals surface area contributed by atoms with Gasteiger partial charge in [-0.15, -0.1) is 11.3 Å². The Labute approximate surface area is 114 Å². The van der Waals surface area contributed by atoms with Crippen LogP contribution >= 0.6 is 11.3 Å². The van der Waals surface area contributed by atoms with Crippen LogP contribution in [0.4, 0.5) is 5.69 Å². The molecule has 2 rings (SSSR count). The van der Waals surface area contributed by atoms with Crippen LogP contribution in [0.25, 0.3) is 10.1 Å². The molecule has 0 atom stereocenters. The van der Waals surface area contributed by atoms with E-state index in [1.54, 1.807) is 4.57 Å². The van der Waals surface area contributed by atoms with Crippen molar-refractivity contribution in [2.24, 2.45) is 0 Å². The van der Waals surface area contributed by atoms with Crippen LogP contribution in [0.15, 0.2) is 10.9 Å². The first kappa shape index (κ1) is 13.6. The number of hydrogen-bond donors (Lipinski definition) is 1. The van der Waals surface area contributed by atoms with Gasteiger partial charge >= 0.3 is 5.97 Å². The van der Waals surface area contributed by atoms with E-state index in [0.717, 1.165) is 10.4 Å². The van der Waals surface area contributed by atoms with Gasteiger partial charge in [-0.25, -0.2) is 4.79 Å². The molecule has 0 aromatic carbocycles. The minimum Gasteiger partial charge on any atom is -0.465 e. The van der Waals surface area contributed by atoms with Crippen LogP contribution in [0.5, 0.6) is 0 Å². The highest BCUT2D eigenvalue weighted by molar-refractivity contribution is 7.21. The van der Waals surface area contributed by atoms with Gasteiger partial charge in [0.25, 0.3) is 5.56 Å². The number of carbonyl (C=O) groups is 1. The lowest BCUT2D eigenvalue weighted by molar-refractivity contribution is 0.0607. The number of methoxy groups -OCH3 is 1. The Hall–Kier alpha value is -1.82. The predicted octanol–water partition coefficient (Wildman–Crippen LogP) is 2.32. The average molecular weight is 280 g/mol. The van der Waals surface area contributed by atoms with Crippen molar-refractivity contribution in [3.8, 4) is 0 Å². The summed E-state index contributed by atoms with van der Waals surface area (Å²) in [6, 6.07) is 1.92. The summed E-state index contributed by atoms with van der Waals surface area (Å²) in [5.41, 5.74) is 6.84. The van der Waals surface area contributed by atoms with Gasteiger partial charge in [0.1, 0.15) is 4.88 Å². The molecule has 0 aliphatic heterocycles. The molecule has 2 aromatic heterocycles. The predicted molar refractivity (Wildman–Crippen MR) is 77.0 cm³/mol. The van der Waals surface area contributed by atoms with Crippen molar-refractivity contribution in [1.29, 1.82) is 0 Å². The number of fused-ring (bicyclic) bond motifs is 1. The second-order valence-corrected chi connectivity index (χ2v) is 5.68. The van der Waals surface area contributed by atoms with Gasteiger partial charge in [-0.05, 0) is 26.8 Å². The fourth-order valence-electron chi connectivity index (χ4n) is 2.21. The molecule has 0 unspecified atom stereocenters. The highest BCUT2D eigenvalue weighted by atomic mass is 32.1. The number of thiophene rings is 1. The van der Waals surface area contributed by atoms with Gasteiger partial charge in [0.2, 0.25) is 0 Å². The van der Waals surface area contributed by atoms with Crippen LogP contribution in [-0.2, 0) is 4.74 Å². The smallest absolute Gasteiger partial charge is 0.350 e. The van der Waals surface area contributed by atoms with Crippen molar-refractivity contribution in [3.63, 3.8) is 0 Å². The van der Waals surface area contributed by atoms with Gasteiger partial charge in [0.15, 0.2) is 0 Å². The van der Waals surface area contributed by atoms with E-state index in [2.05, 4.69) is 4.74 Å². The van der Waals surface area contributed by atoms with Crippen LogP contribution in [-0.4, -0.2) is 17.6 Å². The maximum absolute atomic E-state index is 12.5. The molecule has 6 heteroatoms. The number of esters is 1. The van der Waals surface area contributed by atoms with E-state index in [-0.39, 0.29) is 22.2 Å². The SMILES string of the molecule is COC(=O)c1sc2cc(C)n(C(C)C)c(=O)c2c1N. The van der Waals surface area contributed by atoms with Gasteiger partial charge in [-0.1, -0.05) is 0 Å². The van der Waals surface area contributed by atoms with Gasteiger partial charge in [0.05, 0.1) is 18.2 Å². The molecule has 102 valence electrons. The molecule has 2 aromatic rings. The number of nitrogen functional groups attached to an aromatic ring is 1. The van der Waals surface area contributed by atoms with Crippen molar-refractivity contribution < 1.29 is 9.53 Å². The number of anilines is 1. The lowest BCUT2D eigenvalue weighted by Crippen LogP contribution is -2.24. The summed E-state index contributed by atoms with van der Waals surface area (Å²) in [6.45, 7) is 5.74. The summed E-state index contributed by atoms with van der Waals surface area (Å²) in [6.07, 6.45) is 0. The first-order chi connectivity index (χ1) is 8.88. The third kappa shape index (κ3) is 2.02. The standard InChI is InChI=1S/C13H16N2O3S/c1-6(2)15-7(3)5-8-9(12(15)16)10(14)11(19-8)13(17)18-4/h5-6H,14H2,1-4H3. The van der Waals surface area contributed by atoms with E-state index >= 15 is 0 Å². The number of nitrogens with two attached hydrogens (primary N) is 1. The lowest BCUT2D eigenvalue weighted by Gasteiger charge is -2.13. The lowest BCUT2D eigenvalue weighted by atomic mass is 10.2. The number of pyridine rings is 1. The maximum Gasteiger partial charge on any atom is 0.350 e. The van der Waals surface area contributed by atoms with E-state index in [1.165, 1.54) is 18.4 Å². The second kappa shape index (κ2) is 4.70. The Balaban J connectivity index is 2.87. The number of carbonyl (C=O) groups excluding carboxylic acids is 1. The zero-order valence-corrected chi connectivity index (χ0v) is 12.1. The van der Waals surface area contributed by atoms with E-state index in [9.17, 15) is 9.59 Å². The van der Waals surface area contributed by atoms with Crippen molar-refractivity contribution in [3.05, 3.63) is 27.0 Å². The first-order valence-corrected chi connectivity index (χ1v) is 6.72.